The number of benzene rings is 1. The van der Waals surface area contributed by atoms with Crippen molar-refractivity contribution in [3.63, 3.8) is 0 Å². The van der Waals surface area contributed by atoms with E-state index in [1.165, 1.54) is 6.92 Å². The highest BCUT2D eigenvalue weighted by atomic mass is 16.1. The van der Waals surface area contributed by atoms with Crippen LogP contribution in [0, 0.1) is 19.8 Å². The van der Waals surface area contributed by atoms with Crippen LogP contribution in [0.3, 0.4) is 0 Å². The van der Waals surface area contributed by atoms with Crippen LogP contribution in [0.15, 0.2) is 24.3 Å². The van der Waals surface area contributed by atoms with Gasteiger partial charge in [-0.2, -0.15) is 5.10 Å². The topological polar surface area (TPSA) is 64.0 Å². The Morgan fingerprint density at radius 3 is 2.36 bits per heavy atom. The molecule has 0 bridgehead atoms. The number of carbonyl (C=O) groups excluding carboxylic acids is 2. The molecule has 0 aliphatic carbocycles. The van der Waals surface area contributed by atoms with Crippen LogP contribution >= 0.6 is 0 Å². The van der Waals surface area contributed by atoms with E-state index in [4.69, 9.17) is 0 Å². The van der Waals surface area contributed by atoms with Gasteiger partial charge in [-0.05, 0) is 62.9 Å². The van der Waals surface area contributed by atoms with Gasteiger partial charge in [0.05, 0.1) is 5.69 Å². The maximum atomic E-state index is 12.2. The van der Waals surface area contributed by atoms with E-state index < -0.39 is 0 Å². The minimum atomic E-state index is -0.0361. The summed E-state index contributed by atoms with van der Waals surface area (Å²) in [7, 11) is 0. The Balaban J connectivity index is 1.96. The van der Waals surface area contributed by atoms with Gasteiger partial charge < -0.3 is 5.32 Å². The van der Waals surface area contributed by atoms with Gasteiger partial charge in [0.2, 0.25) is 5.91 Å². The molecule has 1 heterocycles. The zero-order valence-electron chi connectivity index (χ0n) is 15.7. The van der Waals surface area contributed by atoms with E-state index in [0.717, 1.165) is 23.5 Å². The molecule has 2 rings (SSSR count). The first-order chi connectivity index (χ1) is 11.8. The first kappa shape index (κ1) is 18.9. The summed E-state index contributed by atoms with van der Waals surface area (Å²) in [4.78, 5) is 23.5. The highest BCUT2D eigenvalue weighted by Crippen LogP contribution is 2.17. The Morgan fingerprint density at radius 1 is 1.16 bits per heavy atom. The molecule has 0 spiro atoms. The van der Waals surface area contributed by atoms with Gasteiger partial charge in [0.15, 0.2) is 5.78 Å². The Bertz CT molecular complexity index is 758. The molecule has 1 aromatic heterocycles. The third-order valence-corrected chi connectivity index (χ3v) is 4.25. The largest absolute Gasteiger partial charge is 0.326 e. The fourth-order valence-electron chi connectivity index (χ4n) is 2.87. The lowest BCUT2D eigenvalue weighted by molar-refractivity contribution is -0.116. The molecule has 5 heteroatoms. The zero-order valence-corrected chi connectivity index (χ0v) is 15.7. The third kappa shape index (κ3) is 5.02. The van der Waals surface area contributed by atoms with Crippen molar-refractivity contribution in [3.8, 4) is 0 Å². The predicted octanol–water partition coefficient (Wildman–Crippen LogP) is 3.93. The third-order valence-electron chi connectivity index (χ3n) is 4.25. The van der Waals surface area contributed by atoms with Gasteiger partial charge in [-0.3, -0.25) is 14.3 Å². The lowest BCUT2D eigenvalue weighted by Gasteiger charge is -2.08. The van der Waals surface area contributed by atoms with Crippen molar-refractivity contribution >= 4 is 17.4 Å². The summed E-state index contributed by atoms with van der Waals surface area (Å²) in [5.41, 5.74) is 4.64. The molecule has 0 unspecified atom stereocenters. The summed E-state index contributed by atoms with van der Waals surface area (Å²) in [6.45, 7) is 10.8. The number of amides is 1. The van der Waals surface area contributed by atoms with Crippen molar-refractivity contribution in [2.75, 3.05) is 5.32 Å². The van der Waals surface area contributed by atoms with E-state index in [2.05, 4.69) is 31.2 Å². The van der Waals surface area contributed by atoms with Crippen LogP contribution in [0.2, 0.25) is 0 Å². The van der Waals surface area contributed by atoms with E-state index in [9.17, 15) is 9.59 Å². The highest BCUT2D eigenvalue weighted by molar-refractivity contribution is 5.95. The van der Waals surface area contributed by atoms with Crippen LogP contribution in [0.4, 0.5) is 5.69 Å². The van der Waals surface area contributed by atoms with Crippen molar-refractivity contribution in [3.05, 3.63) is 46.8 Å². The molecule has 0 atom stereocenters. The number of hydrogen-bond acceptors (Lipinski definition) is 3. The summed E-state index contributed by atoms with van der Waals surface area (Å²) < 4.78 is 2.04. The fraction of sp³-hybridized carbons (Fsp3) is 0.450. The van der Waals surface area contributed by atoms with Crippen LogP contribution in [-0.2, 0) is 17.8 Å². The Morgan fingerprint density at radius 2 is 1.80 bits per heavy atom. The number of carbonyl (C=O) groups is 2. The monoisotopic (exact) mass is 341 g/mol. The molecular weight excluding hydrogens is 314 g/mol. The molecule has 1 aromatic carbocycles. The van der Waals surface area contributed by atoms with Gasteiger partial charge in [-0.15, -0.1) is 0 Å². The molecule has 2 aromatic rings. The van der Waals surface area contributed by atoms with Gasteiger partial charge >= 0.3 is 0 Å². The number of nitrogens with one attached hydrogen (secondary N) is 1. The Kier molecular flexibility index (Phi) is 6.12. The maximum Gasteiger partial charge on any atom is 0.224 e. The summed E-state index contributed by atoms with van der Waals surface area (Å²) in [6.07, 6.45) is 1.08. The molecule has 0 saturated heterocycles. The lowest BCUT2D eigenvalue weighted by Crippen LogP contribution is -2.13. The van der Waals surface area contributed by atoms with Crippen molar-refractivity contribution < 1.29 is 9.59 Å². The molecule has 25 heavy (non-hydrogen) atoms. The molecule has 0 radical (unpaired) electrons. The van der Waals surface area contributed by atoms with E-state index in [1.807, 2.05) is 11.6 Å². The zero-order chi connectivity index (χ0) is 18.6. The van der Waals surface area contributed by atoms with E-state index >= 15 is 0 Å². The minimum Gasteiger partial charge on any atom is -0.326 e. The molecule has 134 valence electrons. The number of ketones is 1. The van der Waals surface area contributed by atoms with Crippen LogP contribution in [0.1, 0.15) is 54.5 Å². The predicted molar refractivity (Wildman–Crippen MR) is 99.9 cm³/mol. The summed E-state index contributed by atoms with van der Waals surface area (Å²) in [5.74, 6) is 0.514. The summed E-state index contributed by atoms with van der Waals surface area (Å²) in [6, 6.07) is 6.96. The molecule has 0 fully saturated rings. The molecule has 1 amide bonds. The quantitative estimate of drug-likeness (QED) is 0.776. The summed E-state index contributed by atoms with van der Waals surface area (Å²) >= 11 is 0. The Labute approximate surface area is 149 Å². The molecule has 0 aliphatic rings. The van der Waals surface area contributed by atoms with Gasteiger partial charge in [-0.1, -0.05) is 13.8 Å². The second-order valence-corrected chi connectivity index (χ2v) is 6.91. The van der Waals surface area contributed by atoms with Crippen LogP contribution < -0.4 is 5.32 Å². The molecular formula is C20H27N3O2. The molecule has 0 aliphatic heterocycles. The minimum absolute atomic E-state index is 0.0160. The summed E-state index contributed by atoms with van der Waals surface area (Å²) in [5, 5.41) is 7.47. The van der Waals surface area contributed by atoms with E-state index in [1.54, 1.807) is 24.3 Å². The van der Waals surface area contributed by atoms with Crippen molar-refractivity contribution in [2.24, 2.45) is 5.92 Å². The number of rotatable bonds is 7. The average molecular weight is 341 g/mol. The number of aryl methyl sites for hydroxylation is 1. The van der Waals surface area contributed by atoms with E-state index in [0.29, 0.717) is 30.0 Å². The number of hydrogen-bond donors (Lipinski definition) is 1. The van der Waals surface area contributed by atoms with Crippen molar-refractivity contribution in [2.45, 2.75) is 54.0 Å². The number of anilines is 1. The SMILES string of the molecule is CC(=O)c1ccc(NC(=O)CCc2c(C)nn(CC(C)C)c2C)cc1. The molecule has 0 saturated carbocycles. The molecule has 5 nitrogen and oxygen atoms in total. The van der Waals surface area contributed by atoms with Gasteiger partial charge in [0, 0.05) is 29.9 Å². The average Bonchev–Trinajstić information content (AvgIpc) is 2.79. The molecule has 1 N–H and O–H groups in total. The first-order valence-corrected chi connectivity index (χ1v) is 8.71. The van der Waals surface area contributed by atoms with Crippen molar-refractivity contribution in [1.29, 1.82) is 0 Å². The van der Waals surface area contributed by atoms with Gasteiger partial charge in [0.1, 0.15) is 0 Å². The normalized spacial score (nSPS) is 11.0. The van der Waals surface area contributed by atoms with Crippen LogP contribution in [0.5, 0.6) is 0 Å². The Hall–Kier alpha value is -2.43. The van der Waals surface area contributed by atoms with Crippen LogP contribution in [-0.4, -0.2) is 21.5 Å². The number of aromatic nitrogens is 2. The second kappa shape index (κ2) is 8.10. The lowest BCUT2D eigenvalue weighted by atomic mass is 10.1. The smallest absolute Gasteiger partial charge is 0.224 e. The maximum absolute atomic E-state index is 12.2. The first-order valence-electron chi connectivity index (χ1n) is 8.71. The van der Waals surface area contributed by atoms with E-state index in [-0.39, 0.29) is 11.7 Å². The highest BCUT2D eigenvalue weighted by Gasteiger charge is 2.14. The number of Topliss-reactive ketones (excluding diaryl/α,β-unsaturated/α-hetero) is 1. The second-order valence-electron chi connectivity index (χ2n) is 6.91. The van der Waals surface area contributed by atoms with Crippen LogP contribution in [0.25, 0.3) is 0 Å². The fourth-order valence-corrected chi connectivity index (χ4v) is 2.87. The standard InChI is InChI=1S/C20H27N3O2/c1-13(2)12-23-15(4)19(14(3)22-23)10-11-20(25)21-18-8-6-17(7-9-18)16(5)24/h6-9,13H,10-12H2,1-5H3,(H,21,25). The van der Waals surface area contributed by atoms with Gasteiger partial charge in [-0.25, -0.2) is 0 Å². The number of nitrogens with zero attached hydrogens (tertiary/aromatic N) is 2. The van der Waals surface area contributed by atoms with Crippen molar-refractivity contribution in [1.82, 2.24) is 9.78 Å². The van der Waals surface area contributed by atoms with Gasteiger partial charge in [0.25, 0.3) is 0 Å².